The van der Waals surface area contributed by atoms with Crippen LogP contribution in [0.15, 0.2) is 0 Å². The zero-order valence-corrected chi connectivity index (χ0v) is 23.1. The molecule has 0 aromatic rings. The summed E-state index contributed by atoms with van der Waals surface area (Å²) in [7, 11) is 5.02. The van der Waals surface area contributed by atoms with Crippen molar-refractivity contribution in [3.63, 3.8) is 0 Å². The maximum atomic E-state index is 12.3. The molecule has 0 heterocycles. The number of hydrogen-bond acceptors (Lipinski definition) is 6. The van der Waals surface area contributed by atoms with Crippen LogP contribution in [0.25, 0.3) is 0 Å². The zero-order chi connectivity index (χ0) is 25.6. The van der Waals surface area contributed by atoms with E-state index in [4.69, 9.17) is 18.9 Å². The monoisotopic (exact) mass is 492 g/mol. The van der Waals surface area contributed by atoms with Crippen LogP contribution in [0.1, 0.15) is 91.9 Å². The third kappa shape index (κ3) is 4.45. The number of carbonyl (C=O) groups excluding carboxylic acids is 2. The van der Waals surface area contributed by atoms with Crippen LogP contribution in [-0.4, -0.2) is 45.2 Å². The Hall–Kier alpha value is -1.14. The lowest BCUT2D eigenvalue weighted by atomic mass is 9.43. The summed E-state index contributed by atoms with van der Waals surface area (Å²) < 4.78 is 22.9. The van der Waals surface area contributed by atoms with Gasteiger partial charge in [0.1, 0.15) is 6.10 Å². The Morgan fingerprint density at radius 2 is 1.69 bits per heavy atom. The average molecular weight is 493 g/mol. The second kappa shape index (κ2) is 9.96. The number of ether oxygens (including phenoxy) is 4. The number of carbonyl (C=O) groups is 2. The maximum absolute atomic E-state index is 12.3. The van der Waals surface area contributed by atoms with Gasteiger partial charge in [0, 0.05) is 45.8 Å². The first-order chi connectivity index (χ1) is 16.5. The van der Waals surface area contributed by atoms with E-state index in [1.165, 1.54) is 26.4 Å². The minimum atomic E-state index is -0.455. The van der Waals surface area contributed by atoms with Crippen LogP contribution in [0.5, 0.6) is 0 Å². The average Bonchev–Trinajstić information content (AvgIpc) is 3.20. The summed E-state index contributed by atoms with van der Waals surface area (Å²) in [4.78, 5) is 24.2. The molecular weight excluding hydrogens is 444 g/mol. The van der Waals surface area contributed by atoms with Gasteiger partial charge in [-0.2, -0.15) is 0 Å². The van der Waals surface area contributed by atoms with Crippen LogP contribution < -0.4 is 0 Å². The molecule has 0 bridgehead atoms. The lowest BCUT2D eigenvalue weighted by molar-refractivity contribution is -0.266. The van der Waals surface area contributed by atoms with E-state index in [9.17, 15) is 9.59 Å². The van der Waals surface area contributed by atoms with Gasteiger partial charge in [0.15, 0.2) is 5.79 Å². The van der Waals surface area contributed by atoms with Crippen molar-refractivity contribution >= 4 is 11.9 Å². The molecule has 200 valence electrons. The Morgan fingerprint density at radius 3 is 2.31 bits per heavy atom. The molecule has 4 aliphatic rings. The highest BCUT2D eigenvalue weighted by Gasteiger charge is 2.65. The van der Waals surface area contributed by atoms with E-state index >= 15 is 0 Å². The topological polar surface area (TPSA) is 71.1 Å². The minimum absolute atomic E-state index is 0.0386. The van der Waals surface area contributed by atoms with Gasteiger partial charge in [-0.05, 0) is 85.9 Å². The van der Waals surface area contributed by atoms with Crippen molar-refractivity contribution in [2.45, 2.75) is 104 Å². The Morgan fingerprint density at radius 1 is 0.971 bits per heavy atom. The Balaban J connectivity index is 1.61. The van der Waals surface area contributed by atoms with Crippen LogP contribution in [0.2, 0.25) is 0 Å². The lowest BCUT2D eigenvalue weighted by Crippen LogP contribution is -2.60. The van der Waals surface area contributed by atoms with Gasteiger partial charge in [-0.1, -0.05) is 20.8 Å². The molecule has 0 saturated heterocycles. The molecule has 0 radical (unpaired) electrons. The first-order valence-corrected chi connectivity index (χ1v) is 13.9. The molecule has 0 aromatic heterocycles. The molecule has 6 nitrogen and oxygen atoms in total. The molecule has 0 amide bonds. The SMILES string of the molecule is COC(=O)CC[C@@H](C)[C@@H]1CC[C@@H]2[C@@H]3CC[C@@H]4CC(OC)(OC)CC[C@]4(C)[C@@H]3C[C@H](OC(C)=O)[C@]21C. The van der Waals surface area contributed by atoms with Gasteiger partial charge in [0.25, 0.3) is 0 Å². The van der Waals surface area contributed by atoms with E-state index in [2.05, 4.69) is 20.8 Å². The fraction of sp³-hybridized carbons (Fsp3) is 0.931. The third-order valence-corrected chi connectivity index (χ3v) is 11.6. The summed E-state index contributed by atoms with van der Waals surface area (Å²) >= 11 is 0. The molecule has 4 fully saturated rings. The van der Waals surface area contributed by atoms with Crippen molar-refractivity contribution in [3.05, 3.63) is 0 Å². The van der Waals surface area contributed by atoms with Crippen molar-refractivity contribution in [2.24, 2.45) is 46.3 Å². The van der Waals surface area contributed by atoms with Crippen molar-refractivity contribution in [2.75, 3.05) is 21.3 Å². The summed E-state index contributed by atoms with van der Waals surface area (Å²) in [5.74, 6) is 2.44. The highest BCUT2D eigenvalue weighted by Crippen LogP contribution is 2.69. The highest BCUT2D eigenvalue weighted by molar-refractivity contribution is 5.69. The van der Waals surface area contributed by atoms with Crippen LogP contribution in [0.3, 0.4) is 0 Å². The van der Waals surface area contributed by atoms with E-state index in [0.717, 1.165) is 38.5 Å². The van der Waals surface area contributed by atoms with Gasteiger partial charge in [0.05, 0.1) is 7.11 Å². The summed E-state index contributed by atoms with van der Waals surface area (Å²) in [6.07, 6.45) is 9.96. The largest absolute Gasteiger partial charge is 0.469 e. The van der Waals surface area contributed by atoms with Gasteiger partial charge in [0.2, 0.25) is 0 Å². The molecule has 0 aliphatic heterocycles. The molecule has 0 aromatic carbocycles. The standard InChI is InChI=1S/C29H48O6/c1-18(8-13-26(31)32-5)22-11-12-23-21-10-9-20-17-29(33-6,34-7)15-14-27(20,3)24(21)16-25(28(22,23)4)35-19(2)30/h18,20-25H,8-17H2,1-7H3/t18-,20-,21+,22+,23-,24-,25+,27+,28+/m1/s1. The number of methoxy groups -OCH3 is 3. The quantitative estimate of drug-likeness (QED) is 0.332. The molecule has 6 heteroatoms. The van der Waals surface area contributed by atoms with Crippen molar-refractivity contribution < 1.29 is 28.5 Å². The lowest BCUT2D eigenvalue weighted by Gasteiger charge is -2.63. The normalized spacial score (nSPS) is 42.8. The van der Waals surface area contributed by atoms with E-state index in [1.54, 1.807) is 21.1 Å². The molecule has 0 N–H and O–H groups in total. The molecule has 4 rings (SSSR count). The summed E-state index contributed by atoms with van der Waals surface area (Å²) in [5.41, 5.74) is 0.181. The molecule has 4 saturated carbocycles. The minimum Gasteiger partial charge on any atom is -0.469 e. The first kappa shape index (κ1) is 26.9. The second-order valence-electron chi connectivity index (χ2n) is 12.7. The molecule has 35 heavy (non-hydrogen) atoms. The summed E-state index contributed by atoms with van der Waals surface area (Å²) in [6.45, 7) is 8.76. The number of esters is 2. The van der Waals surface area contributed by atoms with Crippen molar-refractivity contribution in [1.82, 2.24) is 0 Å². The van der Waals surface area contributed by atoms with E-state index in [-0.39, 0.29) is 28.9 Å². The van der Waals surface area contributed by atoms with Gasteiger partial charge in [-0.3, -0.25) is 9.59 Å². The van der Waals surface area contributed by atoms with Gasteiger partial charge >= 0.3 is 11.9 Å². The first-order valence-electron chi connectivity index (χ1n) is 13.9. The fourth-order valence-electron chi connectivity index (χ4n) is 9.57. The van der Waals surface area contributed by atoms with Crippen LogP contribution in [0.4, 0.5) is 0 Å². The predicted molar refractivity (Wildman–Crippen MR) is 133 cm³/mol. The van der Waals surface area contributed by atoms with Crippen molar-refractivity contribution in [1.29, 1.82) is 0 Å². The fourth-order valence-corrected chi connectivity index (χ4v) is 9.57. The van der Waals surface area contributed by atoms with Crippen LogP contribution in [-0.2, 0) is 28.5 Å². The Labute approximate surface area is 212 Å². The number of rotatable bonds is 7. The molecule has 4 aliphatic carbocycles. The zero-order valence-electron chi connectivity index (χ0n) is 23.1. The summed E-state index contributed by atoms with van der Waals surface area (Å²) in [6, 6.07) is 0. The van der Waals surface area contributed by atoms with E-state index < -0.39 is 5.79 Å². The van der Waals surface area contributed by atoms with Gasteiger partial charge in [-0.15, -0.1) is 0 Å². The van der Waals surface area contributed by atoms with E-state index in [0.29, 0.717) is 41.9 Å². The molecule has 0 spiro atoms. The van der Waals surface area contributed by atoms with Gasteiger partial charge in [-0.25, -0.2) is 0 Å². The van der Waals surface area contributed by atoms with Crippen LogP contribution >= 0.6 is 0 Å². The van der Waals surface area contributed by atoms with E-state index in [1.807, 2.05) is 0 Å². The highest BCUT2D eigenvalue weighted by atomic mass is 16.7. The smallest absolute Gasteiger partial charge is 0.305 e. The van der Waals surface area contributed by atoms with Gasteiger partial charge < -0.3 is 18.9 Å². The summed E-state index contributed by atoms with van der Waals surface area (Å²) in [5, 5.41) is 0. The predicted octanol–water partition coefficient (Wildman–Crippen LogP) is 5.77. The Kier molecular flexibility index (Phi) is 7.66. The molecular formula is C29H48O6. The molecule has 0 unspecified atom stereocenters. The third-order valence-electron chi connectivity index (χ3n) is 11.6. The number of hydrogen-bond donors (Lipinski definition) is 0. The Bertz CT molecular complexity index is 792. The molecule has 9 atom stereocenters. The van der Waals surface area contributed by atoms with Crippen molar-refractivity contribution in [3.8, 4) is 0 Å². The van der Waals surface area contributed by atoms with Crippen LogP contribution in [0, 0.1) is 46.3 Å². The second-order valence-corrected chi connectivity index (χ2v) is 12.7. The maximum Gasteiger partial charge on any atom is 0.305 e. The number of fused-ring (bicyclic) bond motifs is 5.